The number of hydrogen-bond donors (Lipinski definition) is 8. The molecule has 0 aliphatic heterocycles. The summed E-state index contributed by atoms with van der Waals surface area (Å²) >= 11 is 0. The molecule has 0 aromatic heterocycles. The summed E-state index contributed by atoms with van der Waals surface area (Å²) in [6, 6.07) is -4.61. The van der Waals surface area contributed by atoms with E-state index in [-0.39, 0.29) is 0 Å². The summed E-state index contributed by atoms with van der Waals surface area (Å²) in [5.74, 6) is -5.95. The van der Waals surface area contributed by atoms with Crippen LogP contribution in [-0.2, 0) is 24.0 Å². The number of aliphatic hydroxyl groups excluding tert-OH is 2. The minimum atomic E-state index is -1.68. The highest BCUT2D eigenvalue weighted by Crippen LogP contribution is 1.96. The number of aliphatic carboxylic acids is 2. The average Bonchev–Trinajstić information content (AvgIpc) is 2.54. The molecule has 0 aliphatic rings. The molecule has 4 atom stereocenters. The van der Waals surface area contributed by atoms with Crippen molar-refractivity contribution in [3.05, 3.63) is 0 Å². The van der Waals surface area contributed by atoms with Gasteiger partial charge in [-0.1, -0.05) is 0 Å². The van der Waals surface area contributed by atoms with Crippen molar-refractivity contribution in [3.8, 4) is 0 Å². The van der Waals surface area contributed by atoms with Crippen molar-refractivity contribution in [1.29, 1.82) is 0 Å². The smallest absolute Gasteiger partial charge is 0.328 e. The molecule has 13 heteroatoms. The first-order chi connectivity index (χ1) is 12.0. The lowest BCUT2D eigenvalue weighted by Gasteiger charge is -2.20. The second-order valence-corrected chi connectivity index (χ2v) is 5.28. The van der Waals surface area contributed by atoms with Crippen molar-refractivity contribution < 1.29 is 44.4 Å². The van der Waals surface area contributed by atoms with E-state index in [2.05, 4.69) is 5.32 Å². The van der Waals surface area contributed by atoms with E-state index in [0.29, 0.717) is 0 Å². The number of carboxylic acids is 2. The largest absolute Gasteiger partial charge is 0.481 e. The summed E-state index contributed by atoms with van der Waals surface area (Å²) < 4.78 is 0. The second-order valence-electron chi connectivity index (χ2n) is 5.28. The van der Waals surface area contributed by atoms with Crippen LogP contribution in [0.4, 0.5) is 0 Å². The summed E-state index contributed by atoms with van der Waals surface area (Å²) in [7, 11) is 0. The molecule has 0 saturated carbocycles. The van der Waals surface area contributed by atoms with Gasteiger partial charge >= 0.3 is 11.9 Å². The van der Waals surface area contributed by atoms with Crippen LogP contribution >= 0.6 is 0 Å². The molecular formula is C13H22N4O9. The number of nitrogens with two attached hydrogens (primary N) is 1. The Labute approximate surface area is 147 Å². The number of carbonyl (C=O) groups is 5. The quantitative estimate of drug-likeness (QED) is 0.171. The molecule has 0 spiro atoms. The van der Waals surface area contributed by atoms with Gasteiger partial charge in [0.2, 0.25) is 17.7 Å². The number of rotatable bonds is 11. The molecule has 13 nitrogen and oxygen atoms in total. The van der Waals surface area contributed by atoms with Gasteiger partial charge in [-0.25, -0.2) is 4.79 Å². The predicted octanol–water partition coefficient (Wildman–Crippen LogP) is -4.67. The van der Waals surface area contributed by atoms with Crippen molar-refractivity contribution >= 4 is 29.7 Å². The number of carboxylic acid groups (broad SMARTS) is 2. The van der Waals surface area contributed by atoms with Crippen molar-refractivity contribution in [2.24, 2.45) is 5.73 Å². The standard InChI is InChI=1S/C13H22N4O9/c1-5(19)10(14)12(24)15-3-8(20)16-6(2-9(21)22)11(23)17-7(4-18)13(25)26/h5-7,10,18-19H,2-4,14H2,1H3,(H,15,24)(H,16,20)(H,17,23)(H,21,22)(H,25,26). The summed E-state index contributed by atoms with van der Waals surface area (Å²) in [6.07, 6.45) is -2.04. The summed E-state index contributed by atoms with van der Waals surface area (Å²) in [5, 5.41) is 41.5. The number of carbonyl (C=O) groups excluding carboxylic acids is 3. The zero-order chi connectivity index (χ0) is 20.4. The summed E-state index contributed by atoms with van der Waals surface area (Å²) in [4.78, 5) is 56.8. The lowest BCUT2D eigenvalue weighted by molar-refractivity contribution is -0.144. The van der Waals surface area contributed by atoms with E-state index in [0.717, 1.165) is 0 Å². The van der Waals surface area contributed by atoms with E-state index in [1.165, 1.54) is 6.92 Å². The fraction of sp³-hybridized carbons (Fsp3) is 0.615. The maximum Gasteiger partial charge on any atom is 0.328 e. The molecule has 148 valence electrons. The van der Waals surface area contributed by atoms with Gasteiger partial charge in [0, 0.05) is 0 Å². The van der Waals surface area contributed by atoms with Crippen LogP contribution in [-0.4, -0.2) is 87.5 Å². The Balaban J connectivity index is 4.81. The maximum atomic E-state index is 11.9. The van der Waals surface area contributed by atoms with Gasteiger partial charge in [0.1, 0.15) is 18.1 Å². The van der Waals surface area contributed by atoms with Gasteiger partial charge in [-0.15, -0.1) is 0 Å². The second kappa shape index (κ2) is 11.0. The Morgan fingerprint density at radius 1 is 1.00 bits per heavy atom. The zero-order valence-electron chi connectivity index (χ0n) is 13.8. The maximum absolute atomic E-state index is 11.9. The summed E-state index contributed by atoms with van der Waals surface area (Å²) in [6.45, 7) is -0.343. The average molecular weight is 378 g/mol. The third-order valence-corrected chi connectivity index (χ3v) is 3.07. The predicted molar refractivity (Wildman–Crippen MR) is 83.5 cm³/mol. The third-order valence-electron chi connectivity index (χ3n) is 3.07. The summed E-state index contributed by atoms with van der Waals surface area (Å²) in [5.41, 5.74) is 5.35. The number of hydrogen-bond acceptors (Lipinski definition) is 8. The van der Waals surface area contributed by atoms with E-state index in [9.17, 15) is 24.0 Å². The van der Waals surface area contributed by atoms with Crippen molar-refractivity contribution in [2.45, 2.75) is 37.6 Å². The highest BCUT2D eigenvalue weighted by Gasteiger charge is 2.28. The fourth-order valence-electron chi connectivity index (χ4n) is 1.59. The van der Waals surface area contributed by atoms with E-state index in [1.54, 1.807) is 0 Å². The highest BCUT2D eigenvalue weighted by atomic mass is 16.4. The van der Waals surface area contributed by atoms with Crippen molar-refractivity contribution in [2.75, 3.05) is 13.2 Å². The Morgan fingerprint density at radius 2 is 1.58 bits per heavy atom. The molecule has 0 aromatic carbocycles. The van der Waals surface area contributed by atoms with Crippen LogP contribution in [0.15, 0.2) is 0 Å². The van der Waals surface area contributed by atoms with Crippen LogP contribution in [0.25, 0.3) is 0 Å². The van der Waals surface area contributed by atoms with Crippen molar-refractivity contribution in [1.82, 2.24) is 16.0 Å². The Hall–Kier alpha value is -2.77. The van der Waals surface area contributed by atoms with Crippen LogP contribution in [0.5, 0.6) is 0 Å². The minimum absolute atomic E-state index is 0.662. The molecule has 4 unspecified atom stereocenters. The zero-order valence-corrected chi connectivity index (χ0v) is 13.8. The third kappa shape index (κ3) is 8.36. The molecule has 3 amide bonds. The molecule has 0 aliphatic carbocycles. The lowest BCUT2D eigenvalue weighted by atomic mass is 10.1. The molecule has 26 heavy (non-hydrogen) atoms. The number of aliphatic hydroxyl groups is 2. The van der Waals surface area contributed by atoms with Crippen LogP contribution in [0.3, 0.4) is 0 Å². The molecule has 0 heterocycles. The van der Waals surface area contributed by atoms with Crippen LogP contribution < -0.4 is 21.7 Å². The van der Waals surface area contributed by atoms with Gasteiger partial charge in [-0.3, -0.25) is 19.2 Å². The molecule has 0 fully saturated rings. The first-order valence-electron chi connectivity index (χ1n) is 7.36. The van der Waals surface area contributed by atoms with Crippen molar-refractivity contribution in [3.63, 3.8) is 0 Å². The van der Waals surface area contributed by atoms with E-state index in [4.69, 9.17) is 26.2 Å². The van der Waals surface area contributed by atoms with Gasteiger partial charge in [0.15, 0.2) is 0 Å². The van der Waals surface area contributed by atoms with Gasteiger partial charge in [0.05, 0.1) is 25.7 Å². The first-order valence-corrected chi connectivity index (χ1v) is 7.36. The first kappa shape index (κ1) is 23.2. The van der Waals surface area contributed by atoms with E-state index < -0.39 is 73.5 Å². The van der Waals surface area contributed by atoms with Gasteiger partial charge in [-0.05, 0) is 6.92 Å². The van der Waals surface area contributed by atoms with Gasteiger partial charge in [-0.2, -0.15) is 0 Å². The topological polar surface area (TPSA) is 228 Å². The monoisotopic (exact) mass is 378 g/mol. The number of amides is 3. The van der Waals surface area contributed by atoms with Gasteiger partial charge < -0.3 is 42.1 Å². The fourth-order valence-corrected chi connectivity index (χ4v) is 1.59. The number of nitrogens with one attached hydrogen (secondary N) is 3. The molecule has 0 bridgehead atoms. The van der Waals surface area contributed by atoms with Gasteiger partial charge in [0.25, 0.3) is 0 Å². The van der Waals surface area contributed by atoms with Crippen LogP contribution in [0.1, 0.15) is 13.3 Å². The molecule has 0 saturated heterocycles. The molecule has 0 radical (unpaired) electrons. The Kier molecular flexibility index (Phi) is 9.80. The normalized spacial score (nSPS) is 15.1. The molecule has 9 N–H and O–H groups in total. The van der Waals surface area contributed by atoms with E-state index >= 15 is 0 Å². The molecular weight excluding hydrogens is 356 g/mol. The molecule has 0 aromatic rings. The SMILES string of the molecule is CC(O)C(N)C(=O)NCC(=O)NC(CC(=O)O)C(=O)NC(CO)C(=O)O. The Bertz CT molecular complexity index is 552. The van der Waals surface area contributed by atoms with E-state index in [1.807, 2.05) is 10.6 Å². The Morgan fingerprint density at radius 3 is 2.00 bits per heavy atom. The lowest BCUT2D eigenvalue weighted by Crippen LogP contribution is -2.55. The van der Waals surface area contributed by atoms with Crippen LogP contribution in [0, 0.1) is 0 Å². The van der Waals surface area contributed by atoms with Crippen LogP contribution in [0.2, 0.25) is 0 Å². The molecule has 0 rings (SSSR count). The minimum Gasteiger partial charge on any atom is -0.481 e. The highest BCUT2D eigenvalue weighted by molar-refractivity contribution is 5.94.